The second kappa shape index (κ2) is 9.38. The van der Waals surface area contributed by atoms with E-state index in [1.54, 1.807) is 11.5 Å². The lowest BCUT2D eigenvalue weighted by Crippen LogP contribution is -2.40. The Morgan fingerprint density at radius 3 is 2.77 bits per heavy atom. The van der Waals surface area contributed by atoms with Crippen molar-refractivity contribution >= 4 is 34.3 Å². The van der Waals surface area contributed by atoms with E-state index in [0.29, 0.717) is 33.0 Å². The Bertz CT molecular complexity index is 1640. The van der Waals surface area contributed by atoms with Gasteiger partial charge in [0.2, 0.25) is 0 Å². The third kappa shape index (κ3) is 4.00. The van der Waals surface area contributed by atoms with E-state index >= 15 is 0 Å². The quantitative estimate of drug-likeness (QED) is 0.421. The van der Waals surface area contributed by atoms with E-state index in [4.69, 9.17) is 9.47 Å². The number of allylic oxidation sites excluding steroid dienone is 1. The molecule has 8 heteroatoms. The summed E-state index contributed by atoms with van der Waals surface area (Å²) in [5.74, 6) is 0.106. The van der Waals surface area contributed by atoms with E-state index < -0.39 is 12.0 Å². The number of H-pyrrole nitrogens is 1. The molecule has 0 spiro atoms. The first-order valence-electron chi connectivity index (χ1n) is 11.4. The number of thiazole rings is 1. The van der Waals surface area contributed by atoms with Crippen molar-refractivity contribution in [2.24, 2.45) is 4.99 Å². The minimum atomic E-state index is -0.711. The molecular formula is C27H25N3O4S. The van der Waals surface area contributed by atoms with Crippen LogP contribution in [-0.4, -0.2) is 29.2 Å². The van der Waals surface area contributed by atoms with Crippen LogP contribution >= 0.6 is 11.3 Å². The van der Waals surface area contributed by atoms with Gasteiger partial charge in [-0.2, -0.15) is 0 Å². The van der Waals surface area contributed by atoms with Crippen molar-refractivity contribution in [1.29, 1.82) is 0 Å². The van der Waals surface area contributed by atoms with Crippen LogP contribution in [0.2, 0.25) is 0 Å². The number of nitrogens with zero attached hydrogens (tertiary/aromatic N) is 2. The number of para-hydroxylation sites is 2. The number of fused-ring (bicyclic) bond motifs is 2. The van der Waals surface area contributed by atoms with Gasteiger partial charge in [-0.1, -0.05) is 54.7 Å². The Morgan fingerprint density at radius 1 is 1.20 bits per heavy atom. The number of nitrogens with one attached hydrogen (secondary N) is 1. The smallest absolute Gasteiger partial charge is 0.338 e. The highest BCUT2D eigenvalue weighted by Crippen LogP contribution is 2.35. The maximum Gasteiger partial charge on any atom is 0.338 e. The van der Waals surface area contributed by atoms with Gasteiger partial charge in [0.1, 0.15) is 11.8 Å². The van der Waals surface area contributed by atoms with Gasteiger partial charge < -0.3 is 14.5 Å². The summed E-state index contributed by atoms with van der Waals surface area (Å²) in [5.41, 5.74) is 3.25. The summed E-state index contributed by atoms with van der Waals surface area (Å²) in [7, 11) is 1.33. The molecule has 0 aliphatic carbocycles. The Labute approximate surface area is 205 Å². The van der Waals surface area contributed by atoms with Crippen molar-refractivity contribution in [3.63, 3.8) is 0 Å². The van der Waals surface area contributed by atoms with Crippen molar-refractivity contribution in [2.75, 3.05) is 13.7 Å². The van der Waals surface area contributed by atoms with Crippen LogP contribution in [0.4, 0.5) is 0 Å². The molecule has 0 bridgehead atoms. The summed E-state index contributed by atoms with van der Waals surface area (Å²) in [6.07, 6.45) is 4.59. The molecule has 0 radical (unpaired) electrons. The van der Waals surface area contributed by atoms with Crippen LogP contribution < -0.4 is 19.6 Å². The van der Waals surface area contributed by atoms with Gasteiger partial charge in [0.25, 0.3) is 5.56 Å². The maximum absolute atomic E-state index is 13.8. The van der Waals surface area contributed by atoms with Crippen LogP contribution in [0.3, 0.4) is 0 Å². The molecular weight excluding hydrogens is 462 g/mol. The number of hydrogen-bond donors (Lipinski definition) is 1. The van der Waals surface area contributed by atoms with Gasteiger partial charge in [0.05, 0.1) is 29.5 Å². The van der Waals surface area contributed by atoms with Crippen molar-refractivity contribution in [1.82, 2.24) is 9.55 Å². The number of aromatic amines is 1. The first-order valence-corrected chi connectivity index (χ1v) is 12.2. The highest BCUT2D eigenvalue weighted by molar-refractivity contribution is 7.07. The van der Waals surface area contributed by atoms with Gasteiger partial charge in [0, 0.05) is 28.2 Å². The first-order chi connectivity index (χ1) is 17.0. The molecule has 35 heavy (non-hydrogen) atoms. The molecule has 1 atom stereocenters. The number of rotatable bonds is 6. The number of hydrogen-bond acceptors (Lipinski definition) is 6. The summed E-state index contributed by atoms with van der Waals surface area (Å²) >= 11 is 1.30. The third-order valence-corrected chi connectivity index (χ3v) is 6.99. The van der Waals surface area contributed by atoms with Crippen LogP contribution in [0.15, 0.2) is 75.8 Å². The van der Waals surface area contributed by atoms with E-state index in [-0.39, 0.29) is 5.56 Å². The summed E-state index contributed by atoms with van der Waals surface area (Å²) in [4.78, 5) is 35.1. The minimum absolute atomic E-state index is 0.219. The number of carbonyl (C=O) groups is 1. The number of methoxy groups -OCH3 is 1. The largest absolute Gasteiger partial charge is 0.493 e. The molecule has 1 aliphatic heterocycles. The zero-order chi connectivity index (χ0) is 24.5. The Morgan fingerprint density at radius 2 is 1.97 bits per heavy atom. The molecule has 2 aromatic carbocycles. The van der Waals surface area contributed by atoms with E-state index in [9.17, 15) is 9.59 Å². The Balaban J connectivity index is 1.75. The standard InChI is InChI=1S/C27H25N3O4S/c1-4-13-34-21-12-8-6-10-19(21)24-23(26(32)33-3)16(2)29-27-30(24)25(31)22(35-27)14-17-15-28-20-11-7-5-9-18(17)20/h5-12,14-15,24,28H,4,13H2,1-3H3/b22-14+/t24-/m1/s1. The number of esters is 1. The maximum atomic E-state index is 13.8. The van der Waals surface area contributed by atoms with Crippen molar-refractivity contribution in [3.05, 3.63) is 96.8 Å². The average Bonchev–Trinajstić information content (AvgIpc) is 3.42. The van der Waals surface area contributed by atoms with Gasteiger partial charge in [-0.15, -0.1) is 0 Å². The lowest BCUT2D eigenvalue weighted by Gasteiger charge is -2.26. The molecule has 0 saturated carbocycles. The lowest BCUT2D eigenvalue weighted by molar-refractivity contribution is -0.136. The summed E-state index contributed by atoms with van der Waals surface area (Å²) in [5, 5.41) is 1.03. The van der Waals surface area contributed by atoms with Crippen molar-refractivity contribution in [2.45, 2.75) is 26.3 Å². The second-order valence-corrected chi connectivity index (χ2v) is 9.26. The highest BCUT2D eigenvalue weighted by Gasteiger charge is 2.34. The van der Waals surface area contributed by atoms with E-state index in [1.807, 2.05) is 67.7 Å². The normalized spacial score (nSPS) is 15.7. The predicted octanol–water partition coefficient (Wildman–Crippen LogP) is 3.68. The minimum Gasteiger partial charge on any atom is -0.493 e. The molecule has 4 aromatic rings. The van der Waals surface area contributed by atoms with Gasteiger partial charge >= 0.3 is 5.97 Å². The molecule has 1 N–H and O–H groups in total. The van der Waals surface area contributed by atoms with Crippen LogP contribution in [0, 0.1) is 0 Å². The molecule has 0 saturated heterocycles. The Hall–Kier alpha value is -3.91. The summed E-state index contributed by atoms with van der Waals surface area (Å²) in [6.45, 7) is 4.32. The van der Waals surface area contributed by atoms with E-state index in [2.05, 4.69) is 9.98 Å². The average molecular weight is 488 g/mol. The monoisotopic (exact) mass is 487 g/mol. The fourth-order valence-electron chi connectivity index (χ4n) is 4.39. The fourth-order valence-corrected chi connectivity index (χ4v) is 5.43. The summed E-state index contributed by atoms with van der Waals surface area (Å²) in [6, 6.07) is 14.7. The summed E-state index contributed by atoms with van der Waals surface area (Å²) < 4.78 is 13.2. The number of benzene rings is 2. The highest BCUT2D eigenvalue weighted by atomic mass is 32.1. The SMILES string of the molecule is CCCOc1ccccc1[C@@H]1C(C(=O)OC)=C(C)N=c2s/c(=C/c3c[nH]c4ccccc34)c(=O)n21. The molecule has 0 amide bonds. The van der Waals surface area contributed by atoms with Gasteiger partial charge in [-0.25, -0.2) is 9.79 Å². The second-order valence-electron chi connectivity index (χ2n) is 8.25. The van der Waals surface area contributed by atoms with Crippen molar-refractivity contribution < 1.29 is 14.3 Å². The topological polar surface area (TPSA) is 85.7 Å². The van der Waals surface area contributed by atoms with E-state index in [1.165, 1.54) is 18.4 Å². The van der Waals surface area contributed by atoms with Gasteiger partial charge in [0.15, 0.2) is 4.80 Å². The molecule has 0 unspecified atom stereocenters. The van der Waals surface area contributed by atoms with Crippen molar-refractivity contribution in [3.8, 4) is 5.75 Å². The number of aromatic nitrogens is 2. The van der Waals surface area contributed by atoms with Gasteiger partial charge in [-0.05, 0) is 31.6 Å². The molecule has 7 nitrogen and oxygen atoms in total. The van der Waals surface area contributed by atoms with Crippen LogP contribution in [0.25, 0.3) is 17.0 Å². The molecule has 1 aliphatic rings. The Kier molecular flexibility index (Phi) is 6.13. The zero-order valence-corrected chi connectivity index (χ0v) is 20.5. The van der Waals surface area contributed by atoms with Crippen LogP contribution in [-0.2, 0) is 9.53 Å². The molecule has 0 fully saturated rings. The number of ether oxygens (including phenoxy) is 2. The number of carbonyl (C=O) groups excluding carboxylic acids is 1. The zero-order valence-electron chi connectivity index (χ0n) is 19.7. The van der Waals surface area contributed by atoms with Gasteiger partial charge in [-0.3, -0.25) is 9.36 Å². The van der Waals surface area contributed by atoms with Crippen LogP contribution in [0.5, 0.6) is 5.75 Å². The first kappa shape index (κ1) is 22.9. The molecule has 178 valence electrons. The molecule has 3 heterocycles. The lowest BCUT2D eigenvalue weighted by atomic mass is 9.95. The predicted molar refractivity (Wildman–Crippen MR) is 136 cm³/mol. The van der Waals surface area contributed by atoms with E-state index in [0.717, 1.165) is 28.5 Å². The molecule has 2 aromatic heterocycles. The van der Waals surface area contributed by atoms with Crippen LogP contribution in [0.1, 0.15) is 37.4 Å². The third-order valence-electron chi connectivity index (χ3n) is 6.01. The molecule has 5 rings (SSSR count). The fraction of sp³-hybridized carbons (Fsp3) is 0.222.